The van der Waals surface area contributed by atoms with Crippen molar-refractivity contribution in [3.63, 3.8) is 0 Å². The number of thioether (sulfide) groups is 1. The average molecular weight is 397 g/mol. The first-order valence-corrected chi connectivity index (χ1v) is 9.30. The molecule has 7 nitrogen and oxygen atoms in total. The number of methoxy groups -OCH3 is 1. The lowest BCUT2D eigenvalue weighted by molar-refractivity contribution is 0.415. The summed E-state index contributed by atoms with van der Waals surface area (Å²) in [5.41, 5.74) is 2.27. The second-order valence-electron chi connectivity index (χ2n) is 5.84. The lowest BCUT2D eigenvalue weighted by Gasteiger charge is -2.04. The largest absolute Gasteiger partial charge is 0.497 e. The minimum Gasteiger partial charge on any atom is -0.497 e. The molecule has 2 N–H and O–H groups in total. The molecule has 0 aliphatic rings. The van der Waals surface area contributed by atoms with Gasteiger partial charge in [-0.3, -0.25) is 0 Å². The third-order valence-electron chi connectivity index (χ3n) is 4.00. The first kappa shape index (κ1) is 18.1. The van der Waals surface area contributed by atoms with E-state index in [-0.39, 0.29) is 5.82 Å². The summed E-state index contributed by atoms with van der Waals surface area (Å²) in [4.78, 5) is 4.42. The third kappa shape index (κ3) is 3.70. The van der Waals surface area contributed by atoms with Gasteiger partial charge in [-0.15, -0.1) is 10.2 Å². The van der Waals surface area contributed by atoms with E-state index < -0.39 is 0 Å². The summed E-state index contributed by atoms with van der Waals surface area (Å²) < 4.78 is 25.1. The molecule has 2 heterocycles. The minimum atomic E-state index is -0.305. The van der Waals surface area contributed by atoms with Crippen LogP contribution in [0.25, 0.3) is 22.8 Å². The number of hydrogen-bond acceptors (Lipinski definition) is 7. The normalized spacial score (nSPS) is 10.9. The highest BCUT2D eigenvalue weighted by atomic mass is 32.2. The van der Waals surface area contributed by atoms with Gasteiger partial charge in [0, 0.05) is 16.9 Å². The highest BCUT2D eigenvalue weighted by Gasteiger charge is 2.14. The van der Waals surface area contributed by atoms with Gasteiger partial charge in [-0.2, -0.15) is 0 Å². The van der Waals surface area contributed by atoms with Crippen molar-refractivity contribution in [2.75, 3.05) is 13.0 Å². The van der Waals surface area contributed by atoms with Gasteiger partial charge in [0.1, 0.15) is 17.8 Å². The number of benzene rings is 2. The third-order valence-corrected chi connectivity index (χ3v) is 4.98. The number of oxazole rings is 1. The fourth-order valence-corrected chi connectivity index (χ4v) is 3.28. The summed E-state index contributed by atoms with van der Waals surface area (Å²) in [7, 11) is 1.61. The van der Waals surface area contributed by atoms with Crippen molar-refractivity contribution >= 4 is 11.8 Å². The highest BCUT2D eigenvalue weighted by Crippen LogP contribution is 2.26. The van der Waals surface area contributed by atoms with Crippen LogP contribution in [-0.2, 0) is 5.75 Å². The number of aromatic nitrogens is 4. The standard InChI is InChI=1S/C19H16FN5O2S/c1-26-16-8-4-12(5-9-16)17-23-24-19(25(17)21)28-11-15-10-27-18(22-15)13-2-6-14(20)7-3-13/h2-10H,11,21H2,1H3. The fourth-order valence-electron chi connectivity index (χ4n) is 2.55. The van der Waals surface area contributed by atoms with Gasteiger partial charge in [0.2, 0.25) is 11.0 Å². The Morgan fingerprint density at radius 3 is 2.50 bits per heavy atom. The van der Waals surface area contributed by atoms with Crippen molar-refractivity contribution in [3.8, 4) is 28.6 Å². The first-order valence-electron chi connectivity index (χ1n) is 8.32. The van der Waals surface area contributed by atoms with Gasteiger partial charge in [0.25, 0.3) is 0 Å². The van der Waals surface area contributed by atoms with Crippen LogP contribution in [0.1, 0.15) is 5.69 Å². The smallest absolute Gasteiger partial charge is 0.226 e. The van der Waals surface area contributed by atoms with Crippen LogP contribution in [0, 0.1) is 5.82 Å². The zero-order valence-electron chi connectivity index (χ0n) is 14.9. The van der Waals surface area contributed by atoms with Crippen molar-refractivity contribution < 1.29 is 13.5 Å². The second kappa shape index (κ2) is 7.73. The molecule has 4 rings (SSSR count). The van der Waals surface area contributed by atoms with Crippen LogP contribution in [-0.4, -0.2) is 27.0 Å². The quantitative estimate of drug-likeness (QED) is 0.391. The van der Waals surface area contributed by atoms with Crippen molar-refractivity contribution in [2.45, 2.75) is 10.9 Å². The van der Waals surface area contributed by atoms with E-state index in [1.54, 1.807) is 25.5 Å². The van der Waals surface area contributed by atoms with Crippen molar-refractivity contribution in [1.82, 2.24) is 19.9 Å². The zero-order valence-corrected chi connectivity index (χ0v) is 15.7. The number of ether oxygens (including phenoxy) is 1. The Kier molecular flexibility index (Phi) is 4.98. The summed E-state index contributed by atoms with van der Waals surface area (Å²) in [6, 6.07) is 13.4. The molecule has 0 bridgehead atoms. The van der Waals surface area contributed by atoms with Gasteiger partial charge in [0.05, 0.1) is 12.8 Å². The maximum atomic E-state index is 13.0. The SMILES string of the molecule is COc1ccc(-c2nnc(SCc3coc(-c4ccc(F)cc4)n3)n2N)cc1. The Bertz CT molecular complexity index is 1080. The summed E-state index contributed by atoms with van der Waals surface area (Å²) in [6.07, 6.45) is 1.56. The van der Waals surface area contributed by atoms with Crippen LogP contribution in [0.15, 0.2) is 64.4 Å². The van der Waals surface area contributed by atoms with E-state index in [0.29, 0.717) is 28.2 Å². The van der Waals surface area contributed by atoms with Gasteiger partial charge in [0.15, 0.2) is 5.82 Å². The maximum absolute atomic E-state index is 13.0. The van der Waals surface area contributed by atoms with E-state index in [2.05, 4.69) is 15.2 Å². The molecule has 4 aromatic rings. The molecule has 9 heteroatoms. The summed E-state index contributed by atoms with van der Waals surface area (Å²) in [5, 5.41) is 8.86. The Morgan fingerprint density at radius 2 is 1.79 bits per heavy atom. The number of nitrogens with zero attached hydrogens (tertiary/aromatic N) is 4. The average Bonchev–Trinajstić information content (AvgIpc) is 3.34. The molecule has 2 aromatic heterocycles. The van der Waals surface area contributed by atoms with Crippen molar-refractivity contribution in [1.29, 1.82) is 0 Å². The number of halogens is 1. The molecular formula is C19H16FN5O2S. The van der Waals surface area contributed by atoms with E-state index in [4.69, 9.17) is 15.0 Å². The molecule has 0 unspecified atom stereocenters. The van der Waals surface area contributed by atoms with Crippen LogP contribution in [0.3, 0.4) is 0 Å². The number of nitrogen functional groups attached to an aromatic ring is 1. The van der Waals surface area contributed by atoms with E-state index in [1.165, 1.54) is 28.6 Å². The topological polar surface area (TPSA) is 92.0 Å². The Hall–Kier alpha value is -3.33. The van der Waals surface area contributed by atoms with Crippen LogP contribution in [0.2, 0.25) is 0 Å². The monoisotopic (exact) mass is 397 g/mol. The van der Waals surface area contributed by atoms with Crippen LogP contribution in [0.4, 0.5) is 4.39 Å². The summed E-state index contributed by atoms with van der Waals surface area (Å²) in [5.74, 6) is 8.08. The predicted molar refractivity (Wildman–Crippen MR) is 104 cm³/mol. The predicted octanol–water partition coefficient (Wildman–Crippen LogP) is 3.75. The van der Waals surface area contributed by atoms with Crippen molar-refractivity contribution in [2.24, 2.45) is 0 Å². The van der Waals surface area contributed by atoms with E-state index in [9.17, 15) is 4.39 Å². The van der Waals surface area contributed by atoms with Gasteiger partial charge in [-0.05, 0) is 48.5 Å². The second-order valence-corrected chi connectivity index (χ2v) is 6.79. The molecule has 0 spiro atoms. The Morgan fingerprint density at radius 1 is 1.07 bits per heavy atom. The van der Waals surface area contributed by atoms with Gasteiger partial charge in [-0.1, -0.05) is 11.8 Å². The Balaban J connectivity index is 1.45. The molecule has 0 radical (unpaired) electrons. The molecule has 28 heavy (non-hydrogen) atoms. The molecule has 0 aliphatic heterocycles. The summed E-state index contributed by atoms with van der Waals surface area (Å²) >= 11 is 1.39. The lowest BCUT2D eigenvalue weighted by atomic mass is 10.2. The van der Waals surface area contributed by atoms with Crippen LogP contribution >= 0.6 is 11.8 Å². The fraction of sp³-hybridized carbons (Fsp3) is 0.105. The van der Waals surface area contributed by atoms with Gasteiger partial charge >= 0.3 is 0 Å². The molecule has 0 saturated carbocycles. The molecule has 142 valence electrons. The molecular weight excluding hydrogens is 381 g/mol. The van der Waals surface area contributed by atoms with E-state index in [0.717, 1.165) is 17.0 Å². The van der Waals surface area contributed by atoms with E-state index in [1.807, 2.05) is 24.3 Å². The van der Waals surface area contributed by atoms with Gasteiger partial charge < -0.3 is 15.0 Å². The number of nitrogens with two attached hydrogens (primary N) is 1. The minimum absolute atomic E-state index is 0.305. The van der Waals surface area contributed by atoms with Gasteiger partial charge in [-0.25, -0.2) is 14.1 Å². The van der Waals surface area contributed by atoms with E-state index >= 15 is 0 Å². The molecule has 0 aliphatic carbocycles. The molecule has 0 saturated heterocycles. The maximum Gasteiger partial charge on any atom is 0.226 e. The zero-order chi connectivity index (χ0) is 19.5. The molecule has 2 aromatic carbocycles. The molecule has 0 fully saturated rings. The lowest BCUT2D eigenvalue weighted by Crippen LogP contribution is -2.11. The molecule has 0 amide bonds. The summed E-state index contributed by atoms with van der Waals surface area (Å²) in [6.45, 7) is 0. The molecule has 0 atom stereocenters. The van der Waals surface area contributed by atoms with Crippen LogP contribution < -0.4 is 10.6 Å². The number of hydrogen-bond donors (Lipinski definition) is 1. The number of rotatable bonds is 6. The highest BCUT2D eigenvalue weighted by molar-refractivity contribution is 7.98. The van der Waals surface area contributed by atoms with Crippen LogP contribution in [0.5, 0.6) is 5.75 Å². The van der Waals surface area contributed by atoms with Crippen molar-refractivity contribution in [3.05, 3.63) is 66.3 Å². The Labute approximate surface area is 164 Å². The first-order chi connectivity index (χ1) is 13.6.